The molecular formula is C28H32N6O4. The van der Waals surface area contributed by atoms with Crippen LogP contribution in [0.5, 0.6) is 0 Å². The summed E-state index contributed by atoms with van der Waals surface area (Å²) >= 11 is 0. The molecule has 1 saturated heterocycles. The van der Waals surface area contributed by atoms with Gasteiger partial charge in [0.1, 0.15) is 5.60 Å². The van der Waals surface area contributed by atoms with Crippen LogP contribution in [0.1, 0.15) is 57.1 Å². The zero-order valence-electron chi connectivity index (χ0n) is 21.9. The molecule has 1 aromatic carbocycles. The highest BCUT2D eigenvalue weighted by Crippen LogP contribution is 2.38. The highest BCUT2D eigenvalue weighted by Gasteiger charge is 2.27. The molecule has 3 heterocycles. The van der Waals surface area contributed by atoms with Gasteiger partial charge in [0, 0.05) is 43.2 Å². The van der Waals surface area contributed by atoms with Crippen LogP contribution in [0.3, 0.4) is 0 Å². The predicted octanol–water partition coefficient (Wildman–Crippen LogP) is 5.91. The number of fused-ring (bicyclic) bond motifs is 1. The summed E-state index contributed by atoms with van der Waals surface area (Å²) in [6.45, 7) is 7.00. The summed E-state index contributed by atoms with van der Waals surface area (Å²) < 4.78 is 7.07. The van der Waals surface area contributed by atoms with E-state index < -0.39 is 10.5 Å². The van der Waals surface area contributed by atoms with E-state index in [4.69, 9.17) is 4.74 Å². The zero-order chi connectivity index (χ0) is 26.9. The maximum Gasteiger partial charge on any atom is 0.410 e. The fourth-order valence-corrected chi connectivity index (χ4v) is 5.00. The summed E-state index contributed by atoms with van der Waals surface area (Å²) in [7, 11) is 0. The SMILES string of the molecule is CC(C)(C)OC(=O)N1CCC(=CC2CCc3cc(Nc4nc(-n5cccn5)ccc4[N+](=O)[O-])ccc32)CC1. The molecule has 1 aliphatic heterocycles. The van der Waals surface area contributed by atoms with Crippen molar-refractivity contribution >= 4 is 23.3 Å². The topological polar surface area (TPSA) is 115 Å². The number of amides is 1. The van der Waals surface area contributed by atoms with Gasteiger partial charge in [-0.05, 0) is 81.8 Å². The molecule has 0 saturated carbocycles. The van der Waals surface area contributed by atoms with E-state index in [1.807, 2.05) is 26.8 Å². The number of piperidine rings is 1. The maximum absolute atomic E-state index is 12.4. The van der Waals surface area contributed by atoms with Crippen molar-refractivity contribution in [3.05, 3.63) is 81.7 Å². The molecule has 1 unspecified atom stereocenters. The van der Waals surface area contributed by atoms with Crippen LogP contribution in [0.15, 0.2) is 60.4 Å². The summed E-state index contributed by atoms with van der Waals surface area (Å²) in [5, 5.41) is 18.9. The van der Waals surface area contributed by atoms with Gasteiger partial charge in [0.2, 0.25) is 5.82 Å². The molecule has 1 amide bonds. The summed E-state index contributed by atoms with van der Waals surface area (Å²) in [6.07, 6.45) is 9.16. The van der Waals surface area contributed by atoms with Crippen molar-refractivity contribution in [1.82, 2.24) is 19.7 Å². The van der Waals surface area contributed by atoms with Crippen LogP contribution in [-0.2, 0) is 11.2 Å². The molecule has 2 aliphatic rings. The Bertz CT molecular complexity index is 1370. The average Bonchev–Trinajstić information content (AvgIpc) is 3.54. The van der Waals surface area contributed by atoms with Crippen molar-refractivity contribution in [3.8, 4) is 5.82 Å². The molecular weight excluding hydrogens is 484 g/mol. The van der Waals surface area contributed by atoms with Crippen molar-refractivity contribution in [2.45, 2.75) is 58.0 Å². The van der Waals surface area contributed by atoms with Crippen molar-refractivity contribution < 1.29 is 14.5 Å². The molecule has 2 aromatic heterocycles. The van der Waals surface area contributed by atoms with Crippen molar-refractivity contribution in [2.75, 3.05) is 18.4 Å². The Morgan fingerprint density at radius 2 is 1.97 bits per heavy atom. The molecule has 0 spiro atoms. The van der Waals surface area contributed by atoms with Gasteiger partial charge in [0.25, 0.3) is 0 Å². The molecule has 1 fully saturated rings. The molecule has 38 heavy (non-hydrogen) atoms. The van der Waals surface area contributed by atoms with E-state index >= 15 is 0 Å². The second-order valence-electron chi connectivity index (χ2n) is 10.7. The van der Waals surface area contributed by atoms with Crippen LogP contribution in [0.25, 0.3) is 5.82 Å². The Hall–Kier alpha value is -4.21. The summed E-state index contributed by atoms with van der Waals surface area (Å²) in [5.74, 6) is 1.00. The molecule has 3 aromatic rings. The minimum atomic E-state index is -0.488. The number of nitrogens with one attached hydrogen (secondary N) is 1. The number of carbonyl (C=O) groups excluding carboxylic acids is 1. The zero-order valence-corrected chi connectivity index (χ0v) is 21.9. The normalized spacial score (nSPS) is 17.2. The number of allylic oxidation sites excluding steroid dienone is 1. The lowest BCUT2D eigenvalue weighted by Crippen LogP contribution is -2.40. The molecule has 198 valence electrons. The van der Waals surface area contributed by atoms with E-state index in [-0.39, 0.29) is 17.6 Å². The summed E-state index contributed by atoms with van der Waals surface area (Å²) in [4.78, 5) is 29.8. The first-order chi connectivity index (χ1) is 18.2. The number of likely N-dealkylation sites (tertiary alicyclic amines) is 1. The smallest absolute Gasteiger partial charge is 0.410 e. The molecule has 1 N–H and O–H groups in total. The van der Waals surface area contributed by atoms with Gasteiger partial charge < -0.3 is 15.0 Å². The number of ether oxygens (including phenoxy) is 1. The predicted molar refractivity (Wildman–Crippen MR) is 144 cm³/mol. The van der Waals surface area contributed by atoms with E-state index in [1.54, 1.807) is 34.1 Å². The van der Waals surface area contributed by atoms with Crippen LogP contribution >= 0.6 is 0 Å². The Kier molecular flexibility index (Phi) is 6.88. The number of pyridine rings is 1. The van der Waals surface area contributed by atoms with Crippen molar-refractivity contribution in [1.29, 1.82) is 0 Å². The lowest BCUT2D eigenvalue weighted by molar-refractivity contribution is -0.384. The molecule has 10 nitrogen and oxygen atoms in total. The van der Waals surface area contributed by atoms with Crippen molar-refractivity contribution in [2.24, 2.45) is 0 Å². The largest absolute Gasteiger partial charge is 0.444 e. The number of anilines is 2. The first-order valence-electron chi connectivity index (χ1n) is 12.9. The molecule has 1 aliphatic carbocycles. The lowest BCUT2D eigenvalue weighted by atomic mass is 9.94. The van der Waals surface area contributed by atoms with Gasteiger partial charge in [0.05, 0.1) is 4.92 Å². The first kappa shape index (κ1) is 25.4. The number of rotatable bonds is 5. The minimum absolute atomic E-state index is 0.0956. The highest BCUT2D eigenvalue weighted by molar-refractivity contribution is 5.69. The number of carbonyl (C=O) groups is 1. The van der Waals surface area contributed by atoms with Gasteiger partial charge >= 0.3 is 11.8 Å². The number of aromatic nitrogens is 3. The maximum atomic E-state index is 12.4. The van der Waals surface area contributed by atoms with Crippen LogP contribution in [-0.4, -0.2) is 49.4 Å². The van der Waals surface area contributed by atoms with Crippen LogP contribution in [0.2, 0.25) is 0 Å². The number of nitrogens with zero attached hydrogens (tertiary/aromatic N) is 5. The third kappa shape index (κ3) is 5.69. The van der Waals surface area contributed by atoms with Gasteiger partial charge in [0.15, 0.2) is 5.82 Å². The molecule has 1 atom stereocenters. The minimum Gasteiger partial charge on any atom is -0.444 e. The van der Waals surface area contributed by atoms with E-state index in [1.165, 1.54) is 22.8 Å². The standard InChI is InChI=1S/C28H32N6O4/c1-28(2,3)38-27(35)32-15-11-19(12-16-32)17-20-5-6-21-18-22(7-8-23(20)21)30-26-24(34(36)37)9-10-25(31-26)33-14-4-13-29-33/h4,7-10,13-14,17-18,20H,5-6,11-12,15-16H2,1-3H3,(H,30,31). The van der Waals surface area contributed by atoms with Crippen LogP contribution < -0.4 is 5.32 Å². The average molecular weight is 517 g/mol. The number of hydrogen-bond donors (Lipinski definition) is 1. The quantitative estimate of drug-likeness (QED) is 0.255. The Morgan fingerprint density at radius 3 is 2.66 bits per heavy atom. The van der Waals surface area contributed by atoms with E-state index in [9.17, 15) is 14.9 Å². The van der Waals surface area contributed by atoms with Crippen molar-refractivity contribution in [3.63, 3.8) is 0 Å². The Morgan fingerprint density at radius 1 is 1.18 bits per heavy atom. The number of nitro groups is 1. The first-order valence-corrected chi connectivity index (χ1v) is 12.9. The third-order valence-electron chi connectivity index (χ3n) is 6.82. The summed E-state index contributed by atoms with van der Waals surface area (Å²) in [6, 6.07) is 10.9. The third-order valence-corrected chi connectivity index (χ3v) is 6.82. The van der Waals surface area contributed by atoms with Gasteiger partial charge in [-0.3, -0.25) is 10.1 Å². The number of benzene rings is 1. The van der Waals surface area contributed by atoms with Gasteiger partial charge in [-0.15, -0.1) is 0 Å². The van der Waals surface area contributed by atoms with Crippen LogP contribution in [0.4, 0.5) is 22.0 Å². The highest BCUT2D eigenvalue weighted by atomic mass is 16.6. The fourth-order valence-electron chi connectivity index (χ4n) is 5.00. The van der Waals surface area contributed by atoms with Crippen LogP contribution in [0, 0.1) is 10.1 Å². The van der Waals surface area contributed by atoms with E-state index in [2.05, 4.69) is 33.6 Å². The number of hydrogen-bond acceptors (Lipinski definition) is 7. The Labute approximate surface area is 221 Å². The number of aryl methyl sites for hydroxylation is 1. The molecule has 0 radical (unpaired) electrons. The fraction of sp³-hybridized carbons (Fsp3) is 0.393. The second-order valence-corrected chi connectivity index (χ2v) is 10.7. The Balaban J connectivity index is 1.28. The van der Waals surface area contributed by atoms with E-state index in [0.29, 0.717) is 24.8 Å². The van der Waals surface area contributed by atoms with E-state index in [0.717, 1.165) is 31.4 Å². The van der Waals surface area contributed by atoms with Gasteiger partial charge in [-0.25, -0.2) is 14.5 Å². The van der Waals surface area contributed by atoms with Gasteiger partial charge in [-0.1, -0.05) is 17.7 Å². The lowest BCUT2D eigenvalue weighted by Gasteiger charge is -2.31. The molecule has 10 heteroatoms. The van der Waals surface area contributed by atoms with Gasteiger partial charge in [-0.2, -0.15) is 5.10 Å². The molecule has 0 bridgehead atoms. The monoisotopic (exact) mass is 516 g/mol. The molecule has 5 rings (SSSR count). The summed E-state index contributed by atoms with van der Waals surface area (Å²) in [5.41, 5.74) is 4.06. The second kappa shape index (κ2) is 10.3.